The first-order valence-corrected chi connectivity index (χ1v) is 6.68. The van der Waals surface area contributed by atoms with Crippen LogP contribution in [-0.2, 0) is 4.79 Å². The second-order valence-electron chi connectivity index (χ2n) is 4.56. The van der Waals surface area contributed by atoms with Crippen LogP contribution in [0.3, 0.4) is 0 Å². The minimum atomic E-state index is -0.999. The number of rotatable bonds is 5. The van der Waals surface area contributed by atoms with Crippen molar-refractivity contribution in [3.05, 3.63) is 59.9 Å². The Morgan fingerprint density at radius 2 is 1.86 bits per heavy atom. The smallest absolute Gasteiger partial charge is 0.265 e. The molecule has 0 fully saturated rings. The van der Waals surface area contributed by atoms with Gasteiger partial charge in [0.25, 0.3) is 5.91 Å². The molecule has 2 aromatic rings. The number of nitrogens with one attached hydrogen (secondary N) is 1. The molecule has 0 heterocycles. The number of para-hydroxylation sites is 1. The van der Waals surface area contributed by atoms with E-state index < -0.39 is 29.5 Å². The van der Waals surface area contributed by atoms with Gasteiger partial charge >= 0.3 is 0 Å². The first-order chi connectivity index (χ1) is 10.5. The fourth-order valence-electron chi connectivity index (χ4n) is 1.82. The van der Waals surface area contributed by atoms with E-state index in [2.05, 4.69) is 5.32 Å². The summed E-state index contributed by atoms with van der Waals surface area (Å²) in [5.41, 5.74) is -0.165. The van der Waals surface area contributed by atoms with Crippen molar-refractivity contribution in [3.63, 3.8) is 0 Å². The average Bonchev–Trinajstić information content (AvgIpc) is 2.49. The Hall–Kier alpha value is -2.50. The molecule has 0 spiro atoms. The molecule has 0 aromatic heterocycles. The summed E-state index contributed by atoms with van der Waals surface area (Å²) in [7, 11) is 0. The maximum atomic E-state index is 13.5. The van der Waals surface area contributed by atoms with E-state index in [1.165, 1.54) is 18.2 Å². The molecule has 0 saturated heterocycles. The number of benzene rings is 2. The summed E-state index contributed by atoms with van der Waals surface area (Å²) in [6.45, 7) is 1.67. The van der Waals surface area contributed by atoms with Crippen LogP contribution in [0.2, 0.25) is 0 Å². The van der Waals surface area contributed by atoms with E-state index in [1.807, 2.05) is 0 Å². The highest BCUT2D eigenvalue weighted by Gasteiger charge is 2.21. The summed E-state index contributed by atoms with van der Waals surface area (Å²) in [5, 5.41) is 2.30. The molecule has 2 rings (SSSR count). The number of anilines is 1. The zero-order valence-corrected chi connectivity index (χ0v) is 11.8. The molecule has 1 N–H and O–H groups in total. The fourth-order valence-corrected chi connectivity index (χ4v) is 1.82. The first kappa shape index (κ1) is 15.9. The number of ether oxygens (including phenoxy) is 1. The van der Waals surface area contributed by atoms with Gasteiger partial charge in [0, 0.05) is 6.07 Å². The summed E-state index contributed by atoms with van der Waals surface area (Å²) in [5.74, 6) is -2.94. The number of hydrogen-bond acceptors (Lipinski definition) is 2. The van der Waals surface area contributed by atoms with E-state index in [0.717, 1.165) is 12.1 Å². The van der Waals surface area contributed by atoms with Crippen molar-refractivity contribution in [3.8, 4) is 5.75 Å². The molecule has 6 heteroatoms. The van der Waals surface area contributed by atoms with Gasteiger partial charge in [-0.05, 0) is 30.7 Å². The van der Waals surface area contributed by atoms with Gasteiger partial charge in [-0.1, -0.05) is 19.1 Å². The maximum Gasteiger partial charge on any atom is 0.265 e. The third-order valence-corrected chi connectivity index (χ3v) is 2.96. The highest BCUT2D eigenvalue weighted by Crippen LogP contribution is 2.20. The number of halogens is 3. The second-order valence-corrected chi connectivity index (χ2v) is 4.56. The van der Waals surface area contributed by atoms with E-state index in [4.69, 9.17) is 4.74 Å². The molecule has 116 valence electrons. The van der Waals surface area contributed by atoms with Crippen molar-refractivity contribution >= 4 is 11.6 Å². The number of carbonyl (C=O) groups excluding carboxylic acids is 1. The molecular formula is C16H14F3NO2. The van der Waals surface area contributed by atoms with Crippen LogP contribution < -0.4 is 10.1 Å². The SMILES string of the molecule is CC[C@H](Oc1ccccc1F)C(=O)Nc1ccc(F)cc1F. The predicted molar refractivity (Wildman–Crippen MR) is 76.1 cm³/mol. The normalized spacial score (nSPS) is 11.8. The van der Waals surface area contributed by atoms with Crippen LogP contribution in [-0.4, -0.2) is 12.0 Å². The van der Waals surface area contributed by atoms with E-state index in [1.54, 1.807) is 13.0 Å². The summed E-state index contributed by atoms with van der Waals surface area (Å²) < 4.78 is 45.2. The Kier molecular flexibility index (Phi) is 5.04. The van der Waals surface area contributed by atoms with Crippen LogP contribution in [0.25, 0.3) is 0 Å². The third-order valence-electron chi connectivity index (χ3n) is 2.96. The van der Waals surface area contributed by atoms with Crippen LogP contribution in [0.5, 0.6) is 5.75 Å². The van der Waals surface area contributed by atoms with Crippen molar-refractivity contribution in [2.75, 3.05) is 5.32 Å². The highest BCUT2D eigenvalue weighted by atomic mass is 19.1. The van der Waals surface area contributed by atoms with E-state index in [0.29, 0.717) is 6.07 Å². The molecule has 2 aromatic carbocycles. The van der Waals surface area contributed by atoms with Crippen molar-refractivity contribution in [1.82, 2.24) is 0 Å². The lowest BCUT2D eigenvalue weighted by molar-refractivity contribution is -0.122. The van der Waals surface area contributed by atoms with Gasteiger partial charge in [-0.25, -0.2) is 13.2 Å². The molecule has 1 amide bonds. The standard InChI is InChI=1S/C16H14F3NO2/c1-2-14(22-15-6-4-3-5-11(15)18)16(21)20-13-8-7-10(17)9-12(13)19/h3-9,14H,2H2,1H3,(H,20,21)/t14-/m0/s1. The molecule has 0 aliphatic rings. The van der Waals surface area contributed by atoms with Gasteiger partial charge in [-0.2, -0.15) is 0 Å². The molecular weight excluding hydrogens is 295 g/mol. The second kappa shape index (κ2) is 6.98. The van der Waals surface area contributed by atoms with Crippen LogP contribution in [0.1, 0.15) is 13.3 Å². The fraction of sp³-hybridized carbons (Fsp3) is 0.188. The van der Waals surface area contributed by atoms with Crippen molar-refractivity contribution < 1.29 is 22.7 Å². The van der Waals surface area contributed by atoms with E-state index in [9.17, 15) is 18.0 Å². The lowest BCUT2D eigenvalue weighted by atomic mass is 10.2. The molecule has 0 saturated carbocycles. The molecule has 0 aliphatic heterocycles. The lowest BCUT2D eigenvalue weighted by Crippen LogP contribution is -2.32. The molecule has 0 unspecified atom stereocenters. The minimum Gasteiger partial charge on any atom is -0.478 e. The Bertz CT molecular complexity index is 676. The van der Waals surface area contributed by atoms with Gasteiger partial charge < -0.3 is 10.1 Å². The van der Waals surface area contributed by atoms with Gasteiger partial charge in [0.05, 0.1) is 5.69 Å². The number of carbonyl (C=O) groups is 1. The summed E-state index contributed by atoms with van der Waals surface area (Å²) in [6.07, 6.45) is -0.746. The molecule has 1 atom stereocenters. The van der Waals surface area contributed by atoms with Crippen LogP contribution in [0.4, 0.5) is 18.9 Å². The van der Waals surface area contributed by atoms with Crippen LogP contribution in [0.15, 0.2) is 42.5 Å². The zero-order valence-electron chi connectivity index (χ0n) is 11.8. The molecule has 0 bridgehead atoms. The molecule has 0 aliphatic carbocycles. The van der Waals surface area contributed by atoms with Gasteiger partial charge in [0.2, 0.25) is 0 Å². The zero-order chi connectivity index (χ0) is 16.1. The Morgan fingerprint density at radius 3 is 2.50 bits per heavy atom. The topological polar surface area (TPSA) is 38.3 Å². The molecule has 22 heavy (non-hydrogen) atoms. The number of hydrogen-bond donors (Lipinski definition) is 1. The minimum absolute atomic E-state index is 0.0657. The van der Waals surface area contributed by atoms with Crippen molar-refractivity contribution in [2.24, 2.45) is 0 Å². The Morgan fingerprint density at radius 1 is 1.14 bits per heavy atom. The summed E-state index contributed by atoms with van der Waals surface area (Å²) in [6, 6.07) is 8.47. The maximum absolute atomic E-state index is 13.5. The van der Waals surface area contributed by atoms with Gasteiger partial charge in [-0.15, -0.1) is 0 Å². The highest BCUT2D eigenvalue weighted by molar-refractivity contribution is 5.94. The lowest BCUT2D eigenvalue weighted by Gasteiger charge is -2.17. The Labute approximate surface area is 125 Å². The van der Waals surface area contributed by atoms with Gasteiger partial charge in [-0.3, -0.25) is 4.79 Å². The predicted octanol–water partition coefficient (Wildman–Crippen LogP) is 3.90. The monoisotopic (exact) mass is 309 g/mol. The third kappa shape index (κ3) is 3.78. The van der Waals surface area contributed by atoms with Gasteiger partial charge in [0.15, 0.2) is 17.7 Å². The number of amides is 1. The summed E-state index contributed by atoms with van der Waals surface area (Å²) >= 11 is 0. The largest absolute Gasteiger partial charge is 0.478 e. The molecule has 3 nitrogen and oxygen atoms in total. The first-order valence-electron chi connectivity index (χ1n) is 6.68. The van der Waals surface area contributed by atoms with Crippen molar-refractivity contribution in [1.29, 1.82) is 0 Å². The van der Waals surface area contributed by atoms with E-state index in [-0.39, 0.29) is 17.9 Å². The van der Waals surface area contributed by atoms with Crippen LogP contribution >= 0.6 is 0 Å². The van der Waals surface area contributed by atoms with Crippen LogP contribution in [0, 0.1) is 17.5 Å². The van der Waals surface area contributed by atoms with E-state index >= 15 is 0 Å². The Balaban J connectivity index is 2.10. The summed E-state index contributed by atoms with van der Waals surface area (Å²) in [4.78, 5) is 12.1. The quantitative estimate of drug-likeness (QED) is 0.909. The van der Waals surface area contributed by atoms with Crippen molar-refractivity contribution in [2.45, 2.75) is 19.4 Å². The average molecular weight is 309 g/mol. The molecule has 0 radical (unpaired) electrons. The van der Waals surface area contributed by atoms with Gasteiger partial charge in [0.1, 0.15) is 11.6 Å².